The van der Waals surface area contributed by atoms with Crippen LogP contribution in [0.1, 0.15) is 12.8 Å². The van der Waals surface area contributed by atoms with E-state index in [1.165, 1.54) is 12.8 Å². The highest BCUT2D eigenvalue weighted by molar-refractivity contribution is 9.10. The van der Waals surface area contributed by atoms with E-state index in [1.807, 2.05) is 6.07 Å². The fourth-order valence-corrected chi connectivity index (χ4v) is 3.77. The Hall–Kier alpha value is -0.390. The van der Waals surface area contributed by atoms with Gasteiger partial charge >= 0.3 is 0 Å². The second-order valence-corrected chi connectivity index (χ2v) is 6.91. The molecule has 1 aromatic carbocycles. The summed E-state index contributed by atoms with van der Waals surface area (Å²) in [4.78, 5) is 0.382. The van der Waals surface area contributed by atoms with Crippen LogP contribution in [0.4, 0.5) is 0 Å². The molecule has 0 heterocycles. The number of hydrogen-bond acceptors (Lipinski definition) is 3. The third-order valence-corrected chi connectivity index (χ3v) is 5.27. The summed E-state index contributed by atoms with van der Waals surface area (Å²) in [5.41, 5.74) is 0. The van der Waals surface area contributed by atoms with E-state index in [9.17, 15) is 8.42 Å². The minimum Gasteiger partial charge on any atom is -0.313 e. The number of benzene rings is 1. The van der Waals surface area contributed by atoms with Crippen molar-refractivity contribution >= 4 is 25.8 Å². The van der Waals surface area contributed by atoms with Crippen LogP contribution in [0.3, 0.4) is 0 Å². The maximum Gasteiger partial charge on any atom is 0.180 e. The SMILES string of the molecule is O=S(=O)(CCNC1CC1)c1ccccc1Br. The lowest BCUT2D eigenvalue weighted by Crippen LogP contribution is -2.24. The molecule has 0 bridgehead atoms. The molecule has 2 rings (SSSR count). The van der Waals surface area contributed by atoms with Gasteiger partial charge in [-0.15, -0.1) is 0 Å². The Balaban J connectivity index is 2.03. The highest BCUT2D eigenvalue weighted by Crippen LogP contribution is 2.22. The second-order valence-electron chi connectivity index (χ2n) is 3.98. The number of nitrogens with one attached hydrogen (secondary N) is 1. The summed E-state index contributed by atoms with van der Waals surface area (Å²) < 4.78 is 24.6. The predicted octanol–water partition coefficient (Wildman–Crippen LogP) is 1.97. The van der Waals surface area contributed by atoms with Crippen LogP contribution in [0, 0.1) is 0 Å². The Morgan fingerprint density at radius 2 is 2.00 bits per heavy atom. The third kappa shape index (κ3) is 3.06. The number of rotatable bonds is 5. The molecular weight excluding hydrogens is 290 g/mol. The maximum absolute atomic E-state index is 12.0. The lowest BCUT2D eigenvalue weighted by Gasteiger charge is -2.06. The van der Waals surface area contributed by atoms with E-state index in [2.05, 4.69) is 21.2 Å². The smallest absolute Gasteiger partial charge is 0.180 e. The van der Waals surface area contributed by atoms with E-state index in [1.54, 1.807) is 18.2 Å². The number of hydrogen-bond donors (Lipinski definition) is 1. The van der Waals surface area contributed by atoms with E-state index in [4.69, 9.17) is 0 Å². The molecule has 0 atom stereocenters. The average Bonchev–Trinajstić information content (AvgIpc) is 3.02. The molecule has 88 valence electrons. The first kappa shape index (κ1) is 12.1. The van der Waals surface area contributed by atoms with E-state index >= 15 is 0 Å². The van der Waals surface area contributed by atoms with Gasteiger partial charge in [-0.2, -0.15) is 0 Å². The summed E-state index contributed by atoms with van der Waals surface area (Å²) >= 11 is 3.27. The zero-order valence-electron chi connectivity index (χ0n) is 8.82. The van der Waals surface area contributed by atoms with Crippen molar-refractivity contribution in [2.45, 2.75) is 23.8 Å². The van der Waals surface area contributed by atoms with E-state index in [0.717, 1.165) is 0 Å². The Morgan fingerprint density at radius 1 is 1.31 bits per heavy atom. The molecule has 1 saturated carbocycles. The van der Waals surface area contributed by atoms with Gasteiger partial charge < -0.3 is 5.32 Å². The minimum absolute atomic E-state index is 0.159. The van der Waals surface area contributed by atoms with Gasteiger partial charge in [0.15, 0.2) is 9.84 Å². The van der Waals surface area contributed by atoms with Crippen molar-refractivity contribution in [2.75, 3.05) is 12.3 Å². The fourth-order valence-electron chi connectivity index (χ4n) is 1.49. The van der Waals surface area contributed by atoms with Crippen LogP contribution in [-0.4, -0.2) is 26.8 Å². The van der Waals surface area contributed by atoms with Crippen molar-refractivity contribution in [3.05, 3.63) is 28.7 Å². The molecule has 0 radical (unpaired) electrons. The molecule has 0 aliphatic heterocycles. The molecule has 0 saturated heterocycles. The van der Waals surface area contributed by atoms with Gasteiger partial charge in [0.2, 0.25) is 0 Å². The van der Waals surface area contributed by atoms with Gasteiger partial charge in [-0.1, -0.05) is 12.1 Å². The lowest BCUT2D eigenvalue weighted by molar-refractivity contribution is 0.590. The summed E-state index contributed by atoms with van der Waals surface area (Å²) in [6.45, 7) is 0.536. The molecule has 1 fully saturated rings. The Kier molecular flexibility index (Phi) is 3.66. The lowest BCUT2D eigenvalue weighted by atomic mass is 10.4. The molecule has 1 N–H and O–H groups in total. The highest BCUT2D eigenvalue weighted by Gasteiger charge is 2.22. The van der Waals surface area contributed by atoms with E-state index in [0.29, 0.717) is 22.0 Å². The van der Waals surface area contributed by atoms with Crippen molar-refractivity contribution in [1.29, 1.82) is 0 Å². The summed E-state index contributed by atoms with van der Waals surface area (Å²) in [6, 6.07) is 7.49. The van der Waals surface area contributed by atoms with Crippen LogP contribution in [0.25, 0.3) is 0 Å². The van der Waals surface area contributed by atoms with Crippen molar-refractivity contribution in [3.63, 3.8) is 0 Å². The summed E-state index contributed by atoms with van der Waals surface area (Å²) in [7, 11) is -3.17. The Morgan fingerprint density at radius 3 is 2.62 bits per heavy atom. The zero-order chi connectivity index (χ0) is 11.6. The van der Waals surface area contributed by atoms with Crippen LogP contribution >= 0.6 is 15.9 Å². The van der Waals surface area contributed by atoms with Gasteiger partial charge in [-0.05, 0) is 40.9 Å². The molecule has 1 aliphatic carbocycles. The summed E-state index contributed by atoms with van der Waals surface area (Å²) in [6.07, 6.45) is 2.35. The minimum atomic E-state index is -3.17. The third-order valence-electron chi connectivity index (χ3n) is 2.55. The first-order valence-electron chi connectivity index (χ1n) is 5.30. The van der Waals surface area contributed by atoms with Gasteiger partial charge in [0, 0.05) is 17.1 Å². The molecule has 16 heavy (non-hydrogen) atoms. The molecule has 3 nitrogen and oxygen atoms in total. The van der Waals surface area contributed by atoms with Crippen LogP contribution in [0.15, 0.2) is 33.6 Å². The number of halogens is 1. The Bertz CT molecular complexity index is 469. The molecule has 1 aliphatic rings. The van der Waals surface area contributed by atoms with E-state index in [-0.39, 0.29) is 5.75 Å². The first-order valence-corrected chi connectivity index (χ1v) is 7.75. The van der Waals surface area contributed by atoms with Gasteiger partial charge in [-0.25, -0.2) is 8.42 Å². The normalized spacial score (nSPS) is 16.3. The summed E-state index contributed by atoms with van der Waals surface area (Å²) in [5.74, 6) is 0.159. The van der Waals surface area contributed by atoms with Gasteiger partial charge in [-0.3, -0.25) is 0 Å². The van der Waals surface area contributed by atoms with Crippen LogP contribution in [0.2, 0.25) is 0 Å². The fraction of sp³-hybridized carbons (Fsp3) is 0.455. The standard InChI is InChI=1S/C11H14BrNO2S/c12-10-3-1-2-4-11(10)16(14,15)8-7-13-9-5-6-9/h1-4,9,13H,5-8H2. The molecular formula is C11H14BrNO2S. The first-order chi connectivity index (χ1) is 7.59. The molecule has 5 heteroatoms. The molecule has 1 aromatic rings. The predicted molar refractivity (Wildman–Crippen MR) is 67.2 cm³/mol. The average molecular weight is 304 g/mol. The summed E-state index contributed by atoms with van der Waals surface area (Å²) in [5, 5.41) is 3.21. The quantitative estimate of drug-likeness (QED) is 0.905. The molecule has 0 spiro atoms. The van der Waals surface area contributed by atoms with Crippen LogP contribution < -0.4 is 5.32 Å². The van der Waals surface area contributed by atoms with Gasteiger partial charge in [0.05, 0.1) is 10.6 Å². The monoisotopic (exact) mass is 303 g/mol. The van der Waals surface area contributed by atoms with Crippen molar-refractivity contribution < 1.29 is 8.42 Å². The van der Waals surface area contributed by atoms with Crippen LogP contribution in [-0.2, 0) is 9.84 Å². The van der Waals surface area contributed by atoms with Crippen LogP contribution in [0.5, 0.6) is 0 Å². The largest absolute Gasteiger partial charge is 0.313 e. The molecule has 0 aromatic heterocycles. The van der Waals surface area contributed by atoms with E-state index < -0.39 is 9.84 Å². The van der Waals surface area contributed by atoms with Gasteiger partial charge in [0.1, 0.15) is 0 Å². The van der Waals surface area contributed by atoms with Gasteiger partial charge in [0.25, 0.3) is 0 Å². The Labute approximate surface area is 104 Å². The molecule has 0 amide bonds. The van der Waals surface area contributed by atoms with Crippen molar-refractivity contribution in [3.8, 4) is 0 Å². The number of sulfone groups is 1. The maximum atomic E-state index is 12.0. The second kappa shape index (κ2) is 4.85. The molecule has 0 unspecified atom stereocenters. The van der Waals surface area contributed by atoms with Crippen molar-refractivity contribution in [2.24, 2.45) is 0 Å². The van der Waals surface area contributed by atoms with Crippen molar-refractivity contribution in [1.82, 2.24) is 5.32 Å². The topological polar surface area (TPSA) is 46.2 Å². The highest BCUT2D eigenvalue weighted by atomic mass is 79.9. The zero-order valence-corrected chi connectivity index (χ0v) is 11.2.